The van der Waals surface area contributed by atoms with Crippen molar-refractivity contribution in [2.24, 2.45) is 0 Å². The van der Waals surface area contributed by atoms with Crippen molar-refractivity contribution < 1.29 is 0 Å². The lowest BCUT2D eigenvalue weighted by atomic mass is 10.1. The molecule has 3 aromatic rings. The Balaban J connectivity index is 1.88. The van der Waals surface area contributed by atoms with E-state index in [-0.39, 0.29) is 6.04 Å². The SMILES string of the molecule is CC(Nc1ccccc1-n1cncn1)c1cccc(Cl)c1. The molecule has 4 nitrogen and oxygen atoms in total. The lowest BCUT2D eigenvalue weighted by molar-refractivity contribution is 0.852. The van der Waals surface area contributed by atoms with Gasteiger partial charge in [-0.25, -0.2) is 9.67 Å². The summed E-state index contributed by atoms with van der Waals surface area (Å²) in [4.78, 5) is 4.00. The van der Waals surface area contributed by atoms with Crippen molar-refractivity contribution in [3.8, 4) is 5.69 Å². The molecule has 106 valence electrons. The molecule has 0 aliphatic rings. The molecule has 2 aromatic carbocycles. The van der Waals surface area contributed by atoms with Crippen LogP contribution >= 0.6 is 11.6 Å². The van der Waals surface area contributed by atoms with Gasteiger partial charge in [0.25, 0.3) is 0 Å². The number of nitrogens with zero attached hydrogens (tertiary/aromatic N) is 3. The molecule has 0 amide bonds. The average Bonchev–Trinajstić information content (AvgIpc) is 3.02. The maximum absolute atomic E-state index is 6.05. The van der Waals surface area contributed by atoms with Crippen LogP contribution in [0.5, 0.6) is 0 Å². The van der Waals surface area contributed by atoms with Crippen LogP contribution in [0.15, 0.2) is 61.2 Å². The molecule has 0 saturated carbocycles. The third-order valence-corrected chi connectivity index (χ3v) is 3.53. The molecule has 0 radical (unpaired) electrons. The fourth-order valence-electron chi connectivity index (χ4n) is 2.22. The van der Waals surface area contributed by atoms with Crippen molar-refractivity contribution in [1.29, 1.82) is 0 Å². The van der Waals surface area contributed by atoms with Crippen molar-refractivity contribution in [2.45, 2.75) is 13.0 Å². The van der Waals surface area contributed by atoms with Crippen molar-refractivity contribution in [2.75, 3.05) is 5.32 Å². The van der Waals surface area contributed by atoms with E-state index in [2.05, 4.69) is 28.4 Å². The third kappa shape index (κ3) is 3.06. The second kappa shape index (κ2) is 5.97. The van der Waals surface area contributed by atoms with Crippen molar-refractivity contribution in [3.05, 3.63) is 71.8 Å². The largest absolute Gasteiger partial charge is 0.377 e. The van der Waals surface area contributed by atoms with Gasteiger partial charge in [0.2, 0.25) is 0 Å². The van der Waals surface area contributed by atoms with Crippen LogP contribution in [0.4, 0.5) is 5.69 Å². The van der Waals surface area contributed by atoms with Gasteiger partial charge < -0.3 is 5.32 Å². The molecule has 1 heterocycles. The highest BCUT2D eigenvalue weighted by molar-refractivity contribution is 6.30. The fourth-order valence-corrected chi connectivity index (χ4v) is 2.42. The Morgan fingerprint density at radius 2 is 2.00 bits per heavy atom. The number of rotatable bonds is 4. The minimum atomic E-state index is 0.133. The van der Waals surface area contributed by atoms with Gasteiger partial charge in [-0.05, 0) is 36.8 Å². The van der Waals surface area contributed by atoms with E-state index in [4.69, 9.17) is 11.6 Å². The maximum atomic E-state index is 6.05. The first-order valence-corrected chi connectivity index (χ1v) is 7.08. The summed E-state index contributed by atoms with van der Waals surface area (Å²) in [5, 5.41) is 8.42. The topological polar surface area (TPSA) is 42.7 Å². The van der Waals surface area contributed by atoms with Gasteiger partial charge in [-0.1, -0.05) is 35.9 Å². The van der Waals surface area contributed by atoms with Crippen LogP contribution in [-0.4, -0.2) is 14.8 Å². The minimum Gasteiger partial charge on any atom is -0.377 e. The minimum absolute atomic E-state index is 0.133. The van der Waals surface area contributed by atoms with Crippen LogP contribution in [0.1, 0.15) is 18.5 Å². The second-order valence-corrected chi connectivity index (χ2v) is 5.21. The molecule has 0 aliphatic carbocycles. The summed E-state index contributed by atoms with van der Waals surface area (Å²) in [6.07, 6.45) is 3.21. The number of para-hydroxylation sites is 2. The van der Waals surface area contributed by atoms with Crippen LogP contribution in [-0.2, 0) is 0 Å². The van der Waals surface area contributed by atoms with Gasteiger partial charge in [-0.15, -0.1) is 0 Å². The zero-order valence-electron chi connectivity index (χ0n) is 11.6. The number of aromatic nitrogens is 3. The van der Waals surface area contributed by atoms with E-state index in [9.17, 15) is 0 Å². The number of benzene rings is 2. The molecule has 1 unspecified atom stereocenters. The Morgan fingerprint density at radius 3 is 2.76 bits per heavy atom. The van der Waals surface area contributed by atoms with Gasteiger partial charge in [0.05, 0.1) is 11.4 Å². The van der Waals surface area contributed by atoms with Gasteiger partial charge in [0.1, 0.15) is 12.7 Å². The van der Waals surface area contributed by atoms with Crippen molar-refractivity contribution in [3.63, 3.8) is 0 Å². The third-order valence-electron chi connectivity index (χ3n) is 3.29. The maximum Gasteiger partial charge on any atom is 0.138 e. The quantitative estimate of drug-likeness (QED) is 0.789. The normalized spacial score (nSPS) is 12.1. The highest BCUT2D eigenvalue weighted by atomic mass is 35.5. The van der Waals surface area contributed by atoms with E-state index in [1.165, 1.54) is 6.33 Å². The summed E-state index contributed by atoms with van der Waals surface area (Å²) < 4.78 is 1.74. The first-order chi connectivity index (χ1) is 10.2. The smallest absolute Gasteiger partial charge is 0.138 e. The fraction of sp³-hybridized carbons (Fsp3) is 0.125. The highest BCUT2D eigenvalue weighted by Crippen LogP contribution is 2.25. The Hall–Kier alpha value is -2.33. The molecule has 0 aliphatic heterocycles. The molecule has 3 rings (SSSR count). The summed E-state index contributed by atoms with van der Waals surface area (Å²) in [5.74, 6) is 0. The first-order valence-electron chi connectivity index (χ1n) is 6.70. The van der Waals surface area contributed by atoms with Gasteiger partial charge in [-0.2, -0.15) is 5.10 Å². The summed E-state index contributed by atoms with van der Waals surface area (Å²) in [5.41, 5.74) is 3.09. The van der Waals surface area contributed by atoms with Crippen LogP contribution in [0.2, 0.25) is 5.02 Å². The second-order valence-electron chi connectivity index (χ2n) is 4.78. The standard InChI is InChI=1S/C16H15ClN4/c1-12(13-5-4-6-14(17)9-13)20-15-7-2-3-8-16(15)21-11-18-10-19-21/h2-12,20H,1H3. The van der Waals surface area contributed by atoms with E-state index in [0.717, 1.165) is 22.0 Å². The Labute approximate surface area is 128 Å². The monoisotopic (exact) mass is 298 g/mol. The summed E-state index contributed by atoms with van der Waals surface area (Å²) in [6.45, 7) is 2.10. The number of hydrogen-bond acceptors (Lipinski definition) is 3. The summed E-state index contributed by atoms with van der Waals surface area (Å²) in [7, 11) is 0. The average molecular weight is 299 g/mol. The molecule has 5 heteroatoms. The number of halogens is 1. The molecular formula is C16H15ClN4. The Morgan fingerprint density at radius 1 is 1.14 bits per heavy atom. The molecule has 0 spiro atoms. The molecule has 1 atom stereocenters. The predicted molar refractivity (Wildman–Crippen MR) is 84.8 cm³/mol. The van der Waals surface area contributed by atoms with Gasteiger partial charge in [0, 0.05) is 11.1 Å². The Kier molecular flexibility index (Phi) is 3.88. The van der Waals surface area contributed by atoms with Crippen LogP contribution in [0.3, 0.4) is 0 Å². The summed E-state index contributed by atoms with van der Waals surface area (Å²) >= 11 is 6.05. The summed E-state index contributed by atoms with van der Waals surface area (Å²) in [6, 6.07) is 16.0. The molecular weight excluding hydrogens is 284 g/mol. The first kappa shape index (κ1) is 13.6. The van der Waals surface area contributed by atoms with Crippen molar-refractivity contribution in [1.82, 2.24) is 14.8 Å². The predicted octanol–water partition coefficient (Wildman–Crippen LogP) is 4.09. The number of nitrogens with one attached hydrogen (secondary N) is 1. The molecule has 0 fully saturated rings. The zero-order chi connectivity index (χ0) is 14.7. The van der Waals surface area contributed by atoms with Crippen LogP contribution in [0.25, 0.3) is 5.69 Å². The van der Waals surface area contributed by atoms with Crippen molar-refractivity contribution >= 4 is 17.3 Å². The van der Waals surface area contributed by atoms with E-state index < -0.39 is 0 Å². The molecule has 0 bridgehead atoms. The molecule has 21 heavy (non-hydrogen) atoms. The highest BCUT2D eigenvalue weighted by Gasteiger charge is 2.10. The number of hydrogen-bond donors (Lipinski definition) is 1. The van der Waals surface area contributed by atoms with Gasteiger partial charge in [0.15, 0.2) is 0 Å². The van der Waals surface area contributed by atoms with Gasteiger partial charge >= 0.3 is 0 Å². The van der Waals surface area contributed by atoms with E-state index >= 15 is 0 Å². The molecule has 0 saturated heterocycles. The van der Waals surface area contributed by atoms with Crippen LogP contribution < -0.4 is 5.32 Å². The zero-order valence-corrected chi connectivity index (χ0v) is 12.3. The molecule has 1 N–H and O–H groups in total. The van der Waals surface area contributed by atoms with Gasteiger partial charge in [-0.3, -0.25) is 0 Å². The van der Waals surface area contributed by atoms with E-state index in [0.29, 0.717) is 0 Å². The lowest BCUT2D eigenvalue weighted by Crippen LogP contribution is -2.09. The molecule has 1 aromatic heterocycles. The van der Waals surface area contributed by atoms with E-state index in [1.807, 2.05) is 42.5 Å². The van der Waals surface area contributed by atoms with E-state index in [1.54, 1.807) is 11.0 Å². The van der Waals surface area contributed by atoms with Crippen LogP contribution in [0, 0.1) is 0 Å². The Bertz CT molecular complexity index is 725. The number of anilines is 1. The lowest BCUT2D eigenvalue weighted by Gasteiger charge is -2.18.